The van der Waals surface area contributed by atoms with Gasteiger partial charge in [-0.2, -0.15) is 5.10 Å². The minimum Gasteiger partial charge on any atom is -0.390 e. The summed E-state index contributed by atoms with van der Waals surface area (Å²) in [5.41, 5.74) is 6.33. The molecule has 0 saturated heterocycles. The Hall–Kier alpha value is -0.870. The highest BCUT2D eigenvalue weighted by Gasteiger charge is 2.01. The predicted octanol–water partition coefficient (Wildman–Crippen LogP) is -0.489. The fourth-order valence-corrected chi connectivity index (χ4v) is 0.857. The van der Waals surface area contributed by atoms with Crippen molar-refractivity contribution in [2.75, 3.05) is 6.54 Å². The second kappa shape index (κ2) is 3.50. The van der Waals surface area contributed by atoms with Crippen molar-refractivity contribution in [3.8, 4) is 0 Å². The van der Waals surface area contributed by atoms with Crippen molar-refractivity contribution in [1.82, 2.24) is 9.78 Å². The lowest BCUT2D eigenvalue weighted by molar-refractivity contribution is 0.157. The number of aliphatic hydroxyl groups is 1. The number of nitrogens with two attached hydrogens (primary N) is 1. The highest BCUT2D eigenvalue weighted by atomic mass is 16.3. The molecular weight excluding hydrogens is 142 g/mol. The molecule has 1 heterocycles. The summed E-state index contributed by atoms with van der Waals surface area (Å²) in [5.74, 6) is 0. The van der Waals surface area contributed by atoms with Gasteiger partial charge in [-0.1, -0.05) is 0 Å². The first-order valence-corrected chi connectivity index (χ1v) is 3.59. The van der Waals surface area contributed by atoms with Gasteiger partial charge in [0.1, 0.15) is 0 Å². The monoisotopic (exact) mass is 155 g/mol. The van der Waals surface area contributed by atoms with E-state index in [0.29, 0.717) is 6.54 Å². The van der Waals surface area contributed by atoms with Crippen LogP contribution in [0.5, 0.6) is 0 Å². The molecular formula is C7H13N3O. The third kappa shape index (κ3) is 2.32. The van der Waals surface area contributed by atoms with Gasteiger partial charge >= 0.3 is 0 Å². The Morgan fingerprint density at radius 3 is 3.00 bits per heavy atom. The Labute approximate surface area is 65.6 Å². The van der Waals surface area contributed by atoms with Gasteiger partial charge in [0, 0.05) is 12.7 Å². The van der Waals surface area contributed by atoms with Gasteiger partial charge in [0.25, 0.3) is 0 Å². The molecule has 1 aromatic heterocycles. The second-order valence-corrected chi connectivity index (χ2v) is 2.63. The number of rotatable bonds is 3. The largest absolute Gasteiger partial charge is 0.390 e. The van der Waals surface area contributed by atoms with Crippen LogP contribution in [0.2, 0.25) is 0 Å². The maximum absolute atomic E-state index is 9.13. The van der Waals surface area contributed by atoms with E-state index in [1.807, 2.05) is 13.1 Å². The van der Waals surface area contributed by atoms with Crippen LogP contribution >= 0.6 is 0 Å². The standard InChI is InChI=1S/C7H13N3O/c1-6-3-9-10(4-6)5-7(11)2-8/h3-4,7,11H,2,5,8H2,1H3/t7-/m0/s1. The third-order valence-corrected chi connectivity index (χ3v) is 1.43. The topological polar surface area (TPSA) is 64.1 Å². The van der Waals surface area contributed by atoms with Gasteiger partial charge in [0.05, 0.1) is 18.8 Å². The molecule has 0 aliphatic carbocycles. The quantitative estimate of drug-likeness (QED) is 0.619. The molecule has 0 bridgehead atoms. The number of aliphatic hydroxyl groups excluding tert-OH is 1. The minimum atomic E-state index is -0.491. The third-order valence-electron chi connectivity index (χ3n) is 1.43. The Kier molecular flexibility index (Phi) is 2.62. The summed E-state index contributed by atoms with van der Waals surface area (Å²) in [7, 11) is 0. The van der Waals surface area contributed by atoms with Gasteiger partial charge in [-0.15, -0.1) is 0 Å². The molecule has 0 spiro atoms. The van der Waals surface area contributed by atoms with Crippen LogP contribution in [-0.4, -0.2) is 27.5 Å². The first kappa shape index (κ1) is 8.23. The Morgan fingerprint density at radius 1 is 1.82 bits per heavy atom. The molecule has 4 nitrogen and oxygen atoms in total. The molecule has 1 atom stereocenters. The molecule has 3 N–H and O–H groups in total. The van der Waals surface area contributed by atoms with Crippen molar-refractivity contribution in [3.05, 3.63) is 18.0 Å². The molecule has 62 valence electrons. The van der Waals surface area contributed by atoms with Crippen molar-refractivity contribution in [1.29, 1.82) is 0 Å². The second-order valence-electron chi connectivity index (χ2n) is 2.63. The van der Waals surface area contributed by atoms with E-state index >= 15 is 0 Å². The highest BCUT2D eigenvalue weighted by Crippen LogP contribution is 1.95. The van der Waals surface area contributed by atoms with Gasteiger partial charge in [-0.05, 0) is 12.5 Å². The summed E-state index contributed by atoms with van der Waals surface area (Å²) in [5, 5.41) is 13.1. The summed E-state index contributed by atoms with van der Waals surface area (Å²) < 4.78 is 1.69. The van der Waals surface area contributed by atoms with Gasteiger partial charge in [-0.25, -0.2) is 0 Å². The van der Waals surface area contributed by atoms with Crippen LogP contribution < -0.4 is 5.73 Å². The molecule has 11 heavy (non-hydrogen) atoms. The molecule has 0 aromatic carbocycles. The van der Waals surface area contributed by atoms with Crippen LogP contribution in [0.4, 0.5) is 0 Å². The van der Waals surface area contributed by atoms with Gasteiger partial charge in [0.15, 0.2) is 0 Å². The normalized spacial score (nSPS) is 13.4. The number of hydrogen-bond acceptors (Lipinski definition) is 3. The molecule has 0 aliphatic rings. The molecule has 0 unspecified atom stereocenters. The van der Waals surface area contributed by atoms with Crippen LogP contribution in [-0.2, 0) is 6.54 Å². The Balaban J connectivity index is 2.50. The fourth-order valence-electron chi connectivity index (χ4n) is 0.857. The SMILES string of the molecule is Cc1cnn(C[C@@H](O)CN)c1. The highest BCUT2D eigenvalue weighted by molar-refractivity contribution is 4.99. The lowest BCUT2D eigenvalue weighted by atomic mass is 10.3. The molecule has 0 fully saturated rings. The lowest BCUT2D eigenvalue weighted by Crippen LogP contribution is -2.25. The van der Waals surface area contributed by atoms with Crippen molar-refractivity contribution < 1.29 is 5.11 Å². The molecule has 0 aliphatic heterocycles. The molecule has 0 saturated carbocycles. The van der Waals surface area contributed by atoms with Crippen molar-refractivity contribution in [2.24, 2.45) is 5.73 Å². The van der Waals surface area contributed by atoms with Crippen LogP contribution in [0.25, 0.3) is 0 Å². The van der Waals surface area contributed by atoms with E-state index in [1.54, 1.807) is 10.9 Å². The number of nitrogens with zero attached hydrogens (tertiary/aromatic N) is 2. The fraction of sp³-hybridized carbons (Fsp3) is 0.571. The van der Waals surface area contributed by atoms with Crippen LogP contribution in [0.15, 0.2) is 12.4 Å². The van der Waals surface area contributed by atoms with E-state index in [-0.39, 0.29) is 6.54 Å². The van der Waals surface area contributed by atoms with Crippen molar-refractivity contribution in [3.63, 3.8) is 0 Å². The van der Waals surface area contributed by atoms with Crippen molar-refractivity contribution in [2.45, 2.75) is 19.6 Å². The Bertz CT molecular complexity index is 221. The zero-order valence-electron chi connectivity index (χ0n) is 6.57. The van der Waals surface area contributed by atoms with Crippen molar-refractivity contribution >= 4 is 0 Å². The van der Waals surface area contributed by atoms with E-state index in [1.165, 1.54) is 0 Å². The van der Waals surface area contributed by atoms with E-state index in [9.17, 15) is 0 Å². The average Bonchev–Trinajstić information content (AvgIpc) is 2.35. The molecule has 4 heteroatoms. The van der Waals surface area contributed by atoms with Gasteiger partial charge in [-0.3, -0.25) is 4.68 Å². The lowest BCUT2D eigenvalue weighted by Gasteiger charge is -2.06. The molecule has 0 amide bonds. The summed E-state index contributed by atoms with van der Waals surface area (Å²) >= 11 is 0. The van der Waals surface area contributed by atoms with Crippen LogP contribution in [0, 0.1) is 6.92 Å². The average molecular weight is 155 g/mol. The Morgan fingerprint density at radius 2 is 2.55 bits per heavy atom. The predicted molar refractivity (Wildman–Crippen MR) is 42.0 cm³/mol. The van der Waals surface area contributed by atoms with E-state index < -0.39 is 6.10 Å². The van der Waals surface area contributed by atoms with Gasteiger partial charge in [0.2, 0.25) is 0 Å². The first-order chi connectivity index (χ1) is 5.22. The summed E-state index contributed by atoms with van der Waals surface area (Å²) in [6.07, 6.45) is 3.14. The zero-order valence-corrected chi connectivity index (χ0v) is 6.57. The number of hydrogen-bond donors (Lipinski definition) is 2. The molecule has 1 rings (SSSR count). The van der Waals surface area contributed by atoms with Gasteiger partial charge < -0.3 is 10.8 Å². The molecule has 1 aromatic rings. The first-order valence-electron chi connectivity index (χ1n) is 3.59. The van der Waals surface area contributed by atoms with Crippen LogP contribution in [0.1, 0.15) is 5.56 Å². The maximum atomic E-state index is 9.13. The smallest absolute Gasteiger partial charge is 0.0857 e. The summed E-state index contributed by atoms with van der Waals surface area (Å²) in [6, 6.07) is 0. The number of aromatic nitrogens is 2. The minimum absolute atomic E-state index is 0.277. The van der Waals surface area contributed by atoms with E-state index in [0.717, 1.165) is 5.56 Å². The maximum Gasteiger partial charge on any atom is 0.0857 e. The summed E-state index contributed by atoms with van der Waals surface area (Å²) in [6.45, 7) is 2.71. The zero-order chi connectivity index (χ0) is 8.27. The van der Waals surface area contributed by atoms with Crippen LogP contribution in [0.3, 0.4) is 0 Å². The summed E-state index contributed by atoms with van der Waals surface area (Å²) in [4.78, 5) is 0. The molecule has 0 radical (unpaired) electrons. The number of aryl methyl sites for hydroxylation is 1. The van der Waals surface area contributed by atoms with E-state index in [2.05, 4.69) is 5.10 Å². The van der Waals surface area contributed by atoms with E-state index in [4.69, 9.17) is 10.8 Å².